The Labute approximate surface area is 120 Å². The summed E-state index contributed by atoms with van der Waals surface area (Å²) in [5.41, 5.74) is 0.856. The van der Waals surface area contributed by atoms with Gasteiger partial charge in [-0.1, -0.05) is 44.9 Å². The van der Waals surface area contributed by atoms with Gasteiger partial charge < -0.3 is 9.90 Å². The fourth-order valence-corrected chi connectivity index (χ4v) is 3.43. The second-order valence-electron chi connectivity index (χ2n) is 5.01. The molecule has 0 aliphatic heterocycles. The molecular weight excluding hydrogens is 256 g/mol. The van der Waals surface area contributed by atoms with E-state index in [4.69, 9.17) is 5.11 Å². The predicted octanol–water partition coefficient (Wildman–Crippen LogP) is 3.79. The Hall–Kier alpha value is -0.800. The molecular formula is C16H25O2S+. The molecule has 0 radical (unpaired) electrons. The van der Waals surface area contributed by atoms with Crippen LogP contribution in [-0.4, -0.2) is 17.1 Å². The van der Waals surface area contributed by atoms with Crippen LogP contribution in [0.4, 0.5) is 0 Å². The number of rotatable bonds is 9. The molecule has 2 N–H and O–H groups in total. The van der Waals surface area contributed by atoms with Gasteiger partial charge in [0.25, 0.3) is 0 Å². The van der Waals surface area contributed by atoms with Crippen LogP contribution >= 0.6 is 11.8 Å². The largest absolute Gasteiger partial charge is 0.442 e. The van der Waals surface area contributed by atoms with E-state index >= 15 is 0 Å². The minimum Gasteiger partial charge on any atom is -0.442 e. The highest BCUT2D eigenvalue weighted by molar-refractivity contribution is 7.99. The normalized spacial score (nSPS) is 14.1. The number of hydrogen-bond donors (Lipinski definition) is 0. The molecule has 0 bridgehead atoms. The van der Waals surface area contributed by atoms with Gasteiger partial charge in [0.05, 0.1) is 0 Å². The van der Waals surface area contributed by atoms with Crippen molar-refractivity contribution in [2.75, 3.05) is 5.75 Å². The summed E-state index contributed by atoms with van der Waals surface area (Å²) < 4.78 is 0. The first-order valence-electron chi connectivity index (χ1n) is 7.03. The van der Waals surface area contributed by atoms with Gasteiger partial charge in [-0.05, 0) is 18.9 Å². The SMILES string of the molecule is CCCCC(C=O)(CC)CSc1ccccc1C[OH2+]. The molecule has 1 unspecified atom stereocenters. The summed E-state index contributed by atoms with van der Waals surface area (Å²) in [6.07, 6.45) is 5.25. The van der Waals surface area contributed by atoms with Crippen molar-refractivity contribution in [3.8, 4) is 0 Å². The molecule has 0 aliphatic carbocycles. The van der Waals surface area contributed by atoms with Gasteiger partial charge in [-0.25, -0.2) is 0 Å². The average Bonchev–Trinajstić information content (AvgIpc) is 2.48. The van der Waals surface area contributed by atoms with Gasteiger partial charge in [0, 0.05) is 21.6 Å². The fourth-order valence-electron chi connectivity index (χ4n) is 2.07. The third kappa shape index (κ3) is 4.66. The van der Waals surface area contributed by atoms with Crippen molar-refractivity contribution in [3.63, 3.8) is 0 Å². The molecule has 0 saturated carbocycles. The van der Waals surface area contributed by atoms with Gasteiger partial charge in [0.2, 0.25) is 0 Å². The highest BCUT2D eigenvalue weighted by Gasteiger charge is 2.27. The Morgan fingerprint density at radius 2 is 2.05 bits per heavy atom. The van der Waals surface area contributed by atoms with E-state index < -0.39 is 0 Å². The molecule has 0 aliphatic rings. The lowest BCUT2D eigenvalue weighted by Gasteiger charge is -2.26. The summed E-state index contributed by atoms with van der Waals surface area (Å²) in [6.45, 7) is 4.56. The van der Waals surface area contributed by atoms with Crippen molar-refractivity contribution in [1.82, 2.24) is 0 Å². The van der Waals surface area contributed by atoms with Crippen molar-refractivity contribution in [3.05, 3.63) is 29.8 Å². The maximum atomic E-state index is 11.5. The Bertz CT molecular complexity index is 392. The maximum absolute atomic E-state index is 11.5. The lowest BCUT2D eigenvalue weighted by Crippen LogP contribution is -2.24. The Morgan fingerprint density at radius 1 is 1.32 bits per heavy atom. The van der Waals surface area contributed by atoms with E-state index in [2.05, 4.69) is 19.9 Å². The van der Waals surface area contributed by atoms with Crippen LogP contribution in [0.3, 0.4) is 0 Å². The standard InChI is InChI=1S/C16H24O2S/c1-3-5-10-16(4-2,12-18)13-19-15-9-7-6-8-14(15)11-17/h6-9,12,17H,3-5,10-11,13H2,1-2H3/p+1. The van der Waals surface area contributed by atoms with Crippen molar-refractivity contribution < 1.29 is 9.90 Å². The summed E-state index contributed by atoms with van der Waals surface area (Å²) in [5, 5.41) is 7.54. The van der Waals surface area contributed by atoms with Gasteiger partial charge in [-0.3, -0.25) is 0 Å². The van der Waals surface area contributed by atoms with E-state index in [0.29, 0.717) is 6.61 Å². The number of aldehydes is 1. The number of benzene rings is 1. The van der Waals surface area contributed by atoms with Crippen LogP contribution in [0, 0.1) is 5.41 Å². The number of thioether (sulfide) groups is 1. The van der Waals surface area contributed by atoms with Crippen LogP contribution in [0.25, 0.3) is 0 Å². The van der Waals surface area contributed by atoms with E-state index in [1.807, 2.05) is 18.2 Å². The molecule has 106 valence electrons. The molecule has 0 saturated heterocycles. The predicted molar refractivity (Wildman–Crippen MR) is 82.8 cm³/mol. The van der Waals surface area contributed by atoms with Crippen LogP contribution in [0.5, 0.6) is 0 Å². The van der Waals surface area contributed by atoms with Gasteiger partial charge in [0.15, 0.2) is 6.61 Å². The van der Waals surface area contributed by atoms with E-state index in [0.717, 1.165) is 48.2 Å². The molecule has 0 spiro atoms. The zero-order chi connectivity index (χ0) is 14.1. The minimum atomic E-state index is -0.199. The highest BCUT2D eigenvalue weighted by Crippen LogP contribution is 2.35. The van der Waals surface area contributed by atoms with Crippen molar-refractivity contribution in [2.45, 2.75) is 51.0 Å². The number of carbonyl (C=O) groups is 1. The molecule has 2 nitrogen and oxygen atoms in total. The summed E-state index contributed by atoms with van der Waals surface area (Å²) >= 11 is 1.73. The number of hydrogen-bond acceptors (Lipinski definition) is 2. The average molecular weight is 281 g/mol. The zero-order valence-corrected chi connectivity index (χ0v) is 12.8. The first kappa shape index (κ1) is 16.3. The Morgan fingerprint density at radius 3 is 2.63 bits per heavy atom. The smallest absolute Gasteiger partial charge is 0.171 e. The molecule has 1 aromatic rings. The topological polar surface area (TPSA) is 40.0 Å². The van der Waals surface area contributed by atoms with Gasteiger partial charge in [-0.2, -0.15) is 0 Å². The minimum absolute atomic E-state index is 0.199. The van der Waals surface area contributed by atoms with Gasteiger partial charge >= 0.3 is 0 Å². The second kappa shape index (κ2) is 8.39. The summed E-state index contributed by atoms with van der Waals surface area (Å²) in [5.74, 6) is 0.823. The van der Waals surface area contributed by atoms with Crippen LogP contribution in [0.2, 0.25) is 0 Å². The van der Waals surface area contributed by atoms with Gasteiger partial charge in [0.1, 0.15) is 6.29 Å². The zero-order valence-electron chi connectivity index (χ0n) is 11.9. The first-order valence-corrected chi connectivity index (χ1v) is 8.01. The third-order valence-corrected chi connectivity index (χ3v) is 5.09. The molecule has 0 heterocycles. The van der Waals surface area contributed by atoms with Crippen LogP contribution in [0.1, 0.15) is 45.1 Å². The summed E-state index contributed by atoms with van der Waals surface area (Å²) in [4.78, 5) is 12.6. The Balaban J connectivity index is 2.72. The Kier molecular flexibility index (Phi) is 7.17. The fraction of sp³-hybridized carbons (Fsp3) is 0.562. The lowest BCUT2D eigenvalue weighted by atomic mass is 9.84. The van der Waals surface area contributed by atoms with Crippen LogP contribution < -0.4 is 0 Å². The monoisotopic (exact) mass is 281 g/mol. The summed E-state index contributed by atoms with van der Waals surface area (Å²) in [7, 11) is 0. The van der Waals surface area contributed by atoms with Crippen LogP contribution in [-0.2, 0) is 11.4 Å². The quantitative estimate of drug-likeness (QED) is 0.392. The van der Waals surface area contributed by atoms with Crippen LogP contribution in [0.15, 0.2) is 29.2 Å². The van der Waals surface area contributed by atoms with Crippen molar-refractivity contribution in [1.29, 1.82) is 0 Å². The van der Waals surface area contributed by atoms with E-state index in [1.54, 1.807) is 11.8 Å². The number of carbonyl (C=O) groups excluding carboxylic acids is 1. The molecule has 3 heteroatoms. The molecule has 0 amide bonds. The van der Waals surface area contributed by atoms with Crippen molar-refractivity contribution in [2.24, 2.45) is 5.41 Å². The lowest BCUT2D eigenvalue weighted by molar-refractivity contribution is -0.115. The first-order chi connectivity index (χ1) is 9.21. The molecule has 0 aromatic heterocycles. The molecule has 19 heavy (non-hydrogen) atoms. The molecule has 0 fully saturated rings. The third-order valence-electron chi connectivity index (χ3n) is 3.66. The highest BCUT2D eigenvalue weighted by atomic mass is 32.2. The van der Waals surface area contributed by atoms with E-state index in [9.17, 15) is 4.79 Å². The van der Waals surface area contributed by atoms with E-state index in [1.165, 1.54) is 0 Å². The second-order valence-corrected chi connectivity index (χ2v) is 6.03. The molecule has 1 rings (SSSR count). The van der Waals surface area contributed by atoms with Gasteiger partial charge in [-0.15, -0.1) is 11.8 Å². The molecule has 1 atom stereocenters. The van der Waals surface area contributed by atoms with Crippen molar-refractivity contribution >= 4 is 18.0 Å². The van der Waals surface area contributed by atoms with E-state index in [-0.39, 0.29) is 5.41 Å². The molecule has 1 aromatic carbocycles. The summed E-state index contributed by atoms with van der Waals surface area (Å²) in [6, 6.07) is 8.02. The number of unbranched alkanes of at least 4 members (excludes halogenated alkanes) is 1. The maximum Gasteiger partial charge on any atom is 0.171 e.